The fourth-order valence-corrected chi connectivity index (χ4v) is 1.93. The largest absolute Gasteiger partial charge is 0.433 e. The first-order valence-electron chi connectivity index (χ1n) is 5.09. The number of halogens is 4. The molecule has 8 heteroatoms. The molecule has 100 valence electrons. The van der Waals surface area contributed by atoms with Crippen LogP contribution in [0, 0.1) is 3.57 Å². The molecule has 0 spiro atoms. The minimum absolute atomic E-state index is 0.00169. The normalized spacial score (nSPS) is 11.4. The number of anilines is 3. The highest BCUT2D eigenvalue weighted by Crippen LogP contribution is 2.30. The summed E-state index contributed by atoms with van der Waals surface area (Å²) in [4.78, 5) is 6.89. The molecule has 0 aliphatic rings. The van der Waals surface area contributed by atoms with E-state index in [1.807, 2.05) is 6.07 Å². The molecular weight excluding hydrogens is 372 g/mol. The van der Waals surface area contributed by atoms with Gasteiger partial charge in [-0.15, -0.1) is 0 Å². The van der Waals surface area contributed by atoms with Crippen LogP contribution in [-0.2, 0) is 6.18 Å². The summed E-state index contributed by atoms with van der Waals surface area (Å²) in [5.41, 5.74) is 4.82. The number of rotatable bonds is 2. The van der Waals surface area contributed by atoms with Crippen molar-refractivity contribution in [1.82, 2.24) is 9.97 Å². The van der Waals surface area contributed by atoms with Gasteiger partial charge in [0.05, 0.1) is 0 Å². The minimum Gasteiger partial charge on any atom is -0.368 e. The van der Waals surface area contributed by atoms with Crippen molar-refractivity contribution < 1.29 is 13.2 Å². The molecule has 0 saturated carbocycles. The van der Waals surface area contributed by atoms with E-state index in [1.165, 1.54) is 0 Å². The van der Waals surface area contributed by atoms with Crippen molar-refractivity contribution in [2.75, 3.05) is 11.1 Å². The summed E-state index contributed by atoms with van der Waals surface area (Å²) in [5.74, 6) is -0.426. The smallest absolute Gasteiger partial charge is 0.368 e. The van der Waals surface area contributed by atoms with Gasteiger partial charge < -0.3 is 11.1 Å². The number of aromatic nitrogens is 2. The minimum atomic E-state index is -4.56. The van der Waals surface area contributed by atoms with E-state index >= 15 is 0 Å². The number of alkyl halides is 3. The SMILES string of the molecule is Nc1nc(Nc2cccc(I)c2)cc(C(F)(F)F)n1. The Labute approximate surface area is 120 Å². The van der Waals surface area contributed by atoms with Gasteiger partial charge in [0.25, 0.3) is 0 Å². The van der Waals surface area contributed by atoms with Gasteiger partial charge in [-0.05, 0) is 40.8 Å². The van der Waals surface area contributed by atoms with Gasteiger partial charge in [-0.2, -0.15) is 18.2 Å². The molecular formula is C11H8F3IN4. The molecule has 1 aromatic heterocycles. The van der Waals surface area contributed by atoms with E-state index in [-0.39, 0.29) is 5.82 Å². The van der Waals surface area contributed by atoms with Crippen LogP contribution in [0.15, 0.2) is 30.3 Å². The second-order valence-electron chi connectivity index (χ2n) is 3.63. The summed E-state index contributed by atoms with van der Waals surface area (Å²) in [5, 5.41) is 2.76. The third-order valence-corrected chi connectivity index (χ3v) is 2.80. The van der Waals surface area contributed by atoms with E-state index in [1.54, 1.807) is 18.2 Å². The molecule has 1 aromatic carbocycles. The molecule has 0 amide bonds. The summed E-state index contributed by atoms with van der Waals surface area (Å²) >= 11 is 2.10. The summed E-state index contributed by atoms with van der Waals surface area (Å²) in [6, 6.07) is 7.94. The third kappa shape index (κ3) is 3.69. The Morgan fingerprint density at radius 2 is 1.89 bits per heavy atom. The topological polar surface area (TPSA) is 63.8 Å². The summed E-state index contributed by atoms with van der Waals surface area (Å²) < 4.78 is 38.7. The first kappa shape index (κ1) is 13.8. The number of benzene rings is 1. The second-order valence-corrected chi connectivity index (χ2v) is 4.88. The van der Waals surface area contributed by atoms with Crippen LogP contribution in [0.1, 0.15) is 5.69 Å². The highest BCUT2D eigenvalue weighted by Gasteiger charge is 2.33. The summed E-state index contributed by atoms with van der Waals surface area (Å²) in [6.07, 6.45) is -4.56. The predicted octanol–water partition coefficient (Wildman–Crippen LogP) is 3.43. The Morgan fingerprint density at radius 1 is 1.16 bits per heavy atom. The molecule has 0 fully saturated rings. The van der Waals surface area contributed by atoms with Gasteiger partial charge in [-0.1, -0.05) is 6.07 Å². The van der Waals surface area contributed by atoms with Crippen LogP contribution in [0.25, 0.3) is 0 Å². The van der Waals surface area contributed by atoms with Crippen molar-refractivity contribution in [2.45, 2.75) is 6.18 Å². The molecule has 0 atom stereocenters. The highest BCUT2D eigenvalue weighted by molar-refractivity contribution is 14.1. The van der Waals surface area contributed by atoms with E-state index in [4.69, 9.17) is 5.73 Å². The standard InChI is InChI=1S/C11H8F3IN4/c12-11(13,14)8-5-9(19-10(16)18-8)17-7-3-1-2-6(15)4-7/h1-5H,(H3,16,17,18,19). The quantitative estimate of drug-likeness (QED) is 0.784. The van der Waals surface area contributed by atoms with Crippen molar-refractivity contribution in [1.29, 1.82) is 0 Å². The molecule has 0 unspecified atom stereocenters. The zero-order chi connectivity index (χ0) is 14.0. The van der Waals surface area contributed by atoms with E-state index in [0.29, 0.717) is 5.69 Å². The Hall–Kier alpha value is -1.58. The molecule has 2 rings (SSSR count). The lowest BCUT2D eigenvalue weighted by molar-refractivity contribution is -0.141. The van der Waals surface area contributed by atoms with Gasteiger partial charge in [0, 0.05) is 15.3 Å². The molecule has 4 nitrogen and oxygen atoms in total. The van der Waals surface area contributed by atoms with Crippen LogP contribution in [0.3, 0.4) is 0 Å². The zero-order valence-electron chi connectivity index (χ0n) is 9.37. The highest BCUT2D eigenvalue weighted by atomic mass is 127. The van der Waals surface area contributed by atoms with Gasteiger partial charge in [0.2, 0.25) is 5.95 Å². The number of hydrogen-bond acceptors (Lipinski definition) is 4. The molecule has 0 radical (unpaired) electrons. The number of hydrogen-bond donors (Lipinski definition) is 2. The van der Waals surface area contributed by atoms with Crippen LogP contribution in [0.4, 0.5) is 30.6 Å². The zero-order valence-corrected chi connectivity index (χ0v) is 11.5. The van der Waals surface area contributed by atoms with E-state index < -0.39 is 17.8 Å². The predicted molar refractivity (Wildman–Crippen MR) is 73.9 cm³/mol. The molecule has 0 aliphatic heterocycles. The number of nitrogens with one attached hydrogen (secondary N) is 1. The van der Waals surface area contributed by atoms with Crippen molar-refractivity contribution in [2.24, 2.45) is 0 Å². The van der Waals surface area contributed by atoms with Gasteiger partial charge in [-0.3, -0.25) is 0 Å². The Balaban J connectivity index is 2.33. The van der Waals surface area contributed by atoms with Crippen molar-refractivity contribution in [3.05, 3.63) is 39.6 Å². The molecule has 2 aromatic rings. The lowest BCUT2D eigenvalue weighted by Crippen LogP contribution is -2.12. The number of nitrogen functional groups attached to an aromatic ring is 1. The first-order valence-corrected chi connectivity index (χ1v) is 6.17. The fraction of sp³-hybridized carbons (Fsp3) is 0.0909. The van der Waals surface area contributed by atoms with Crippen LogP contribution in [0.5, 0.6) is 0 Å². The van der Waals surface area contributed by atoms with Crippen molar-refractivity contribution >= 4 is 40.0 Å². The molecule has 0 saturated heterocycles. The van der Waals surface area contributed by atoms with Crippen LogP contribution in [-0.4, -0.2) is 9.97 Å². The lowest BCUT2D eigenvalue weighted by atomic mass is 10.3. The van der Waals surface area contributed by atoms with Gasteiger partial charge in [0.1, 0.15) is 5.82 Å². The maximum atomic E-state index is 12.6. The average molecular weight is 380 g/mol. The Bertz CT molecular complexity index is 601. The van der Waals surface area contributed by atoms with Gasteiger partial charge in [-0.25, -0.2) is 4.98 Å². The van der Waals surface area contributed by atoms with Crippen LogP contribution in [0.2, 0.25) is 0 Å². The molecule has 0 aliphatic carbocycles. The second kappa shape index (κ2) is 5.19. The molecule has 3 N–H and O–H groups in total. The third-order valence-electron chi connectivity index (χ3n) is 2.13. The average Bonchev–Trinajstić information content (AvgIpc) is 2.26. The van der Waals surface area contributed by atoms with E-state index in [0.717, 1.165) is 9.64 Å². The number of nitrogens with two attached hydrogens (primary N) is 1. The Kier molecular flexibility index (Phi) is 3.78. The van der Waals surface area contributed by atoms with Crippen molar-refractivity contribution in [3.63, 3.8) is 0 Å². The van der Waals surface area contributed by atoms with Gasteiger partial charge in [0.15, 0.2) is 5.69 Å². The number of nitrogens with zero attached hydrogens (tertiary/aromatic N) is 2. The maximum Gasteiger partial charge on any atom is 0.433 e. The van der Waals surface area contributed by atoms with E-state index in [9.17, 15) is 13.2 Å². The van der Waals surface area contributed by atoms with Gasteiger partial charge >= 0.3 is 6.18 Å². The summed E-state index contributed by atoms with van der Waals surface area (Å²) in [6.45, 7) is 0. The Morgan fingerprint density at radius 3 is 2.53 bits per heavy atom. The van der Waals surface area contributed by atoms with Crippen molar-refractivity contribution in [3.8, 4) is 0 Å². The first-order chi connectivity index (χ1) is 8.84. The molecule has 1 heterocycles. The monoisotopic (exact) mass is 380 g/mol. The maximum absolute atomic E-state index is 12.6. The molecule has 19 heavy (non-hydrogen) atoms. The van der Waals surface area contributed by atoms with Crippen LogP contribution < -0.4 is 11.1 Å². The lowest BCUT2D eigenvalue weighted by Gasteiger charge is -2.10. The summed E-state index contributed by atoms with van der Waals surface area (Å²) in [7, 11) is 0. The van der Waals surface area contributed by atoms with E-state index in [2.05, 4.69) is 37.9 Å². The van der Waals surface area contributed by atoms with Crippen LogP contribution >= 0.6 is 22.6 Å². The molecule has 0 bridgehead atoms. The fourth-order valence-electron chi connectivity index (χ4n) is 1.39.